The number of nitriles is 1. The molecule has 0 spiro atoms. The summed E-state index contributed by atoms with van der Waals surface area (Å²) in [6.45, 7) is 3.43. The van der Waals surface area contributed by atoms with Crippen molar-refractivity contribution in [1.29, 1.82) is 5.26 Å². The maximum absolute atomic E-state index is 11.6. The number of nitrogens with zero attached hydrogens (tertiary/aromatic N) is 1. The predicted octanol–water partition coefficient (Wildman–Crippen LogP) is 1.98. The molecule has 0 bridgehead atoms. The van der Waals surface area contributed by atoms with Crippen LogP contribution >= 0.6 is 15.9 Å². The van der Waals surface area contributed by atoms with Crippen molar-refractivity contribution >= 4 is 31.8 Å². The van der Waals surface area contributed by atoms with Gasteiger partial charge in [0.15, 0.2) is 0 Å². The van der Waals surface area contributed by atoms with Crippen molar-refractivity contribution in [2.24, 2.45) is 0 Å². The lowest BCUT2D eigenvalue weighted by Crippen LogP contribution is -2.35. The normalized spacial score (nSPS) is 11.2. The third-order valence-corrected chi connectivity index (χ3v) is 3.50. The van der Waals surface area contributed by atoms with Gasteiger partial charge in [-0.25, -0.2) is 0 Å². The third-order valence-electron chi connectivity index (χ3n) is 1.74. The molecule has 0 radical (unpaired) electrons. The zero-order valence-electron chi connectivity index (χ0n) is 9.36. The summed E-state index contributed by atoms with van der Waals surface area (Å²) >= 11 is 3.21. The Morgan fingerprint density at radius 3 is 2.59 bits per heavy atom. The van der Waals surface area contributed by atoms with Crippen molar-refractivity contribution < 1.29 is 8.42 Å². The van der Waals surface area contributed by atoms with E-state index in [9.17, 15) is 8.42 Å². The molecule has 0 saturated heterocycles. The molecule has 0 aliphatic carbocycles. The first-order valence-corrected chi connectivity index (χ1v) is 7.11. The fourth-order valence-electron chi connectivity index (χ4n) is 1.18. The van der Waals surface area contributed by atoms with Crippen molar-refractivity contribution in [3.05, 3.63) is 28.2 Å². The molecule has 0 aliphatic heterocycles. The minimum absolute atomic E-state index is 0.214. The SMILES string of the molecule is CC(C)NS(=O)(=O)Nc1ccc(Br)cc1C#N. The van der Waals surface area contributed by atoms with Crippen LogP contribution in [0.25, 0.3) is 0 Å². The average molecular weight is 318 g/mol. The van der Waals surface area contributed by atoms with Crippen molar-refractivity contribution in [2.45, 2.75) is 19.9 Å². The number of hydrogen-bond acceptors (Lipinski definition) is 3. The van der Waals surface area contributed by atoms with Crippen LogP contribution in [-0.2, 0) is 10.2 Å². The average Bonchev–Trinajstić information content (AvgIpc) is 2.18. The lowest BCUT2D eigenvalue weighted by atomic mass is 10.2. The van der Waals surface area contributed by atoms with Crippen LogP contribution < -0.4 is 9.44 Å². The van der Waals surface area contributed by atoms with Crippen molar-refractivity contribution in [3.8, 4) is 6.07 Å². The van der Waals surface area contributed by atoms with E-state index in [0.29, 0.717) is 4.47 Å². The van der Waals surface area contributed by atoms with E-state index in [2.05, 4.69) is 25.4 Å². The van der Waals surface area contributed by atoms with Crippen LogP contribution in [0.3, 0.4) is 0 Å². The fraction of sp³-hybridized carbons (Fsp3) is 0.300. The molecule has 92 valence electrons. The highest BCUT2D eigenvalue weighted by Gasteiger charge is 2.13. The standard InChI is InChI=1S/C10H12BrN3O2S/c1-7(2)13-17(15,16)14-10-4-3-9(11)5-8(10)6-12/h3-5,7,13-14H,1-2H3. The molecule has 5 nitrogen and oxygen atoms in total. The van der Waals surface area contributed by atoms with Gasteiger partial charge >= 0.3 is 0 Å². The Morgan fingerprint density at radius 1 is 1.41 bits per heavy atom. The van der Waals surface area contributed by atoms with E-state index in [4.69, 9.17) is 5.26 Å². The summed E-state index contributed by atoms with van der Waals surface area (Å²) in [5, 5.41) is 8.90. The van der Waals surface area contributed by atoms with E-state index in [-0.39, 0.29) is 17.3 Å². The highest BCUT2D eigenvalue weighted by atomic mass is 79.9. The molecule has 0 amide bonds. The summed E-state index contributed by atoms with van der Waals surface area (Å²) in [5.41, 5.74) is 0.511. The van der Waals surface area contributed by atoms with Gasteiger partial charge in [0.25, 0.3) is 10.2 Å². The van der Waals surface area contributed by atoms with E-state index in [0.717, 1.165) is 0 Å². The van der Waals surface area contributed by atoms with Gasteiger partial charge in [-0.3, -0.25) is 4.72 Å². The predicted molar refractivity (Wildman–Crippen MR) is 69.7 cm³/mol. The Morgan fingerprint density at radius 2 is 2.06 bits per heavy atom. The molecule has 0 atom stereocenters. The second-order valence-electron chi connectivity index (χ2n) is 3.68. The number of nitrogens with one attached hydrogen (secondary N) is 2. The minimum Gasteiger partial charge on any atom is -0.270 e. The van der Waals surface area contributed by atoms with Crippen LogP contribution in [0.15, 0.2) is 22.7 Å². The van der Waals surface area contributed by atoms with Crippen molar-refractivity contribution in [1.82, 2.24) is 4.72 Å². The molecule has 0 unspecified atom stereocenters. The van der Waals surface area contributed by atoms with E-state index in [1.54, 1.807) is 26.0 Å². The molecule has 1 rings (SSSR count). The van der Waals surface area contributed by atoms with E-state index in [1.165, 1.54) is 6.07 Å². The molecule has 0 aliphatic rings. The molecule has 2 N–H and O–H groups in total. The third kappa shape index (κ3) is 4.34. The summed E-state index contributed by atoms with van der Waals surface area (Å²) in [6.07, 6.45) is 0. The monoisotopic (exact) mass is 317 g/mol. The highest BCUT2D eigenvalue weighted by molar-refractivity contribution is 9.10. The first kappa shape index (κ1) is 14.0. The largest absolute Gasteiger partial charge is 0.299 e. The maximum atomic E-state index is 11.6. The number of hydrogen-bond donors (Lipinski definition) is 2. The summed E-state index contributed by atoms with van der Waals surface area (Å²) in [4.78, 5) is 0. The van der Waals surface area contributed by atoms with E-state index in [1.807, 2.05) is 6.07 Å². The maximum Gasteiger partial charge on any atom is 0.299 e. The molecule has 17 heavy (non-hydrogen) atoms. The summed E-state index contributed by atoms with van der Waals surface area (Å²) in [6, 6.07) is 6.45. The minimum atomic E-state index is -3.65. The lowest BCUT2D eigenvalue weighted by Gasteiger charge is -2.12. The van der Waals surface area contributed by atoms with E-state index >= 15 is 0 Å². The first-order chi connectivity index (χ1) is 7.84. The van der Waals surface area contributed by atoms with Gasteiger partial charge in [0.1, 0.15) is 6.07 Å². The van der Waals surface area contributed by atoms with Crippen molar-refractivity contribution in [2.75, 3.05) is 4.72 Å². The Kier molecular flexibility index (Phi) is 4.51. The Labute approximate surface area is 109 Å². The molecule has 0 aromatic heterocycles. The number of anilines is 1. The number of halogens is 1. The zero-order valence-corrected chi connectivity index (χ0v) is 11.8. The molecule has 0 heterocycles. The van der Waals surface area contributed by atoms with Gasteiger partial charge in [0.05, 0.1) is 11.3 Å². The van der Waals surface area contributed by atoms with Gasteiger partial charge < -0.3 is 0 Å². The Balaban J connectivity index is 3.01. The fourth-order valence-corrected chi connectivity index (χ4v) is 2.69. The van der Waals surface area contributed by atoms with Gasteiger partial charge in [-0.05, 0) is 32.0 Å². The van der Waals surface area contributed by atoms with Crippen LogP contribution in [-0.4, -0.2) is 14.5 Å². The van der Waals surface area contributed by atoms with Gasteiger partial charge in [-0.2, -0.15) is 18.4 Å². The summed E-state index contributed by atoms with van der Waals surface area (Å²) < 4.78 is 28.6. The second kappa shape index (κ2) is 5.49. The molecular weight excluding hydrogens is 306 g/mol. The zero-order chi connectivity index (χ0) is 13.1. The first-order valence-electron chi connectivity index (χ1n) is 4.84. The Hall–Kier alpha value is -1.10. The summed E-state index contributed by atoms with van der Waals surface area (Å²) in [7, 11) is -3.65. The topological polar surface area (TPSA) is 82.0 Å². The summed E-state index contributed by atoms with van der Waals surface area (Å²) in [5.74, 6) is 0. The smallest absolute Gasteiger partial charge is 0.270 e. The van der Waals surface area contributed by atoms with Gasteiger partial charge in [-0.1, -0.05) is 15.9 Å². The second-order valence-corrected chi connectivity index (χ2v) is 6.04. The lowest BCUT2D eigenvalue weighted by molar-refractivity contribution is 0.575. The number of benzene rings is 1. The van der Waals surface area contributed by atoms with Gasteiger partial charge in [-0.15, -0.1) is 0 Å². The highest BCUT2D eigenvalue weighted by Crippen LogP contribution is 2.20. The molecule has 7 heteroatoms. The van der Waals surface area contributed by atoms with Crippen LogP contribution in [0.1, 0.15) is 19.4 Å². The Bertz CT molecular complexity index is 549. The van der Waals surface area contributed by atoms with Crippen LogP contribution in [0.4, 0.5) is 5.69 Å². The molecule has 1 aromatic carbocycles. The van der Waals surface area contributed by atoms with E-state index < -0.39 is 10.2 Å². The van der Waals surface area contributed by atoms with Crippen LogP contribution in [0, 0.1) is 11.3 Å². The van der Waals surface area contributed by atoms with Crippen molar-refractivity contribution in [3.63, 3.8) is 0 Å². The van der Waals surface area contributed by atoms with Gasteiger partial charge in [0, 0.05) is 10.5 Å². The van der Waals surface area contributed by atoms with Crippen LogP contribution in [0.5, 0.6) is 0 Å². The van der Waals surface area contributed by atoms with Crippen LogP contribution in [0.2, 0.25) is 0 Å². The molecular formula is C10H12BrN3O2S. The molecule has 0 fully saturated rings. The molecule has 1 aromatic rings. The number of rotatable bonds is 4. The quantitative estimate of drug-likeness (QED) is 0.890. The molecule has 0 saturated carbocycles. The van der Waals surface area contributed by atoms with Gasteiger partial charge in [0.2, 0.25) is 0 Å².